The molecule has 13 nitrogen and oxygen atoms in total. The first-order chi connectivity index (χ1) is 23.5. The normalized spacial score (nSPS) is 21.9. The van der Waals surface area contributed by atoms with Crippen LogP contribution >= 0.6 is 0 Å². The van der Waals surface area contributed by atoms with Gasteiger partial charge in [-0.15, -0.1) is 5.10 Å². The van der Waals surface area contributed by atoms with Crippen LogP contribution in [0.4, 0.5) is 5.69 Å². The van der Waals surface area contributed by atoms with Gasteiger partial charge < -0.3 is 14.8 Å². The van der Waals surface area contributed by atoms with E-state index in [1.165, 1.54) is 36.1 Å². The molecule has 4 aromatic rings. The van der Waals surface area contributed by atoms with Gasteiger partial charge in [0.2, 0.25) is 21.8 Å². The van der Waals surface area contributed by atoms with E-state index in [1.807, 2.05) is 43.7 Å². The molecular weight excluding hydrogens is 645 g/mol. The number of methoxy groups -OCH3 is 1. The second kappa shape index (κ2) is 13.7. The highest BCUT2D eigenvalue weighted by Crippen LogP contribution is 2.52. The summed E-state index contributed by atoms with van der Waals surface area (Å²) in [6, 6.07) is 9.42. The van der Waals surface area contributed by atoms with Crippen LogP contribution in [0.3, 0.4) is 0 Å². The number of hydrogen-bond acceptors (Lipinski definition) is 10. The molecule has 0 spiro atoms. The number of amides is 1. The molecule has 1 amide bonds. The molecule has 3 aromatic heterocycles. The third-order valence-corrected chi connectivity index (χ3v) is 11.7. The number of allylic oxidation sites excluding steroid dienone is 1. The molecule has 1 aliphatic heterocycles. The fraction of sp³-hybridized carbons (Fsp3) is 0.429. The molecule has 14 heteroatoms. The average Bonchev–Trinajstić information content (AvgIpc) is 3.49. The summed E-state index contributed by atoms with van der Waals surface area (Å²) in [5, 5.41) is 11.9. The van der Waals surface area contributed by atoms with E-state index in [1.54, 1.807) is 6.07 Å². The number of ether oxygens (including phenoxy) is 2. The van der Waals surface area contributed by atoms with Crippen molar-refractivity contribution in [3.05, 3.63) is 83.1 Å². The molecule has 6 rings (SSSR count). The molecule has 258 valence electrons. The zero-order chi connectivity index (χ0) is 34.9. The van der Waals surface area contributed by atoms with Crippen LogP contribution in [0, 0.1) is 12.3 Å². The highest BCUT2D eigenvalue weighted by Gasteiger charge is 2.44. The van der Waals surface area contributed by atoms with E-state index in [2.05, 4.69) is 56.6 Å². The van der Waals surface area contributed by atoms with Crippen molar-refractivity contribution >= 4 is 27.7 Å². The van der Waals surface area contributed by atoms with E-state index in [-0.39, 0.29) is 60.1 Å². The number of carbonyl (C=O) groups excluding carboxylic acids is 1. The Hall–Kier alpha value is -4.69. The molecule has 1 aromatic carbocycles. The Balaban J connectivity index is 1.38. The third kappa shape index (κ3) is 6.54. The topological polar surface area (TPSA) is 154 Å². The lowest BCUT2D eigenvalue weighted by molar-refractivity contribution is -0.117. The Morgan fingerprint density at radius 1 is 1.18 bits per heavy atom. The molecule has 0 saturated heterocycles. The zero-order valence-electron chi connectivity index (χ0n) is 28.6. The molecule has 0 radical (unpaired) electrons. The average molecular weight is 687 g/mol. The van der Waals surface area contributed by atoms with Crippen molar-refractivity contribution in [3.63, 3.8) is 0 Å². The molecule has 2 unspecified atom stereocenters. The minimum Gasteiger partial charge on any atom is -0.472 e. The maximum Gasteiger partial charge on any atom is 0.316 e. The van der Waals surface area contributed by atoms with Crippen molar-refractivity contribution in [2.24, 2.45) is 5.41 Å². The molecule has 1 aliphatic carbocycles. The number of hydrogen-bond donors (Lipinski definition) is 1. The molecule has 0 saturated carbocycles. The first kappa shape index (κ1) is 34.2. The third-order valence-electron chi connectivity index (χ3n) is 9.90. The summed E-state index contributed by atoms with van der Waals surface area (Å²) in [6.45, 7) is 11.2. The predicted molar refractivity (Wildman–Crippen MR) is 184 cm³/mol. The first-order valence-electron chi connectivity index (χ1n) is 16.5. The molecule has 0 fully saturated rings. The van der Waals surface area contributed by atoms with Gasteiger partial charge in [-0.2, -0.15) is 4.31 Å². The number of anilines is 1. The standard InChI is InChI=1S/C35H42N8O5S/c1-7-27-21-42(49(45,46)30-10-9-15-36-33(30)48-27)20-25-16-24(12-11-22(25)3)28(17-31(44)39-26-18-37-34(47-6)38-19-26)35(5)14-13-29-32(23(35)4)40-41-43(29)8-2/h9-16,18-19,23,27-28H,7-8,17,20-21H2,1-6H3,(H,39,44)/t23?,27-,28+,35?/m1/s1. The molecule has 4 atom stereocenters. The summed E-state index contributed by atoms with van der Waals surface area (Å²) >= 11 is 0. The van der Waals surface area contributed by atoms with Gasteiger partial charge in [0.1, 0.15) is 11.0 Å². The lowest BCUT2D eigenvalue weighted by Crippen LogP contribution is -2.37. The van der Waals surface area contributed by atoms with E-state index < -0.39 is 15.4 Å². The Kier molecular flexibility index (Phi) is 9.54. The van der Waals surface area contributed by atoms with Crippen molar-refractivity contribution in [1.29, 1.82) is 0 Å². The van der Waals surface area contributed by atoms with Gasteiger partial charge in [0.15, 0.2) is 0 Å². The van der Waals surface area contributed by atoms with Gasteiger partial charge in [-0.3, -0.25) is 4.79 Å². The number of nitrogens with one attached hydrogen (secondary N) is 1. The van der Waals surface area contributed by atoms with E-state index >= 15 is 0 Å². The van der Waals surface area contributed by atoms with Gasteiger partial charge in [0, 0.05) is 43.0 Å². The van der Waals surface area contributed by atoms with Gasteiger partial charge in [0.25, 0.3) is 0 Å². The summed E-state index contributed by atoms with van der Waals surface area (Å²) in [4.78, 5) is 26.3. The molecule has 0 bridgehead atoms. The monoisotopic (exact) mass is 686 g/mol. The molecule has 1 N–H and O–H groups in total. The van der Waals surface area contributed by atoms with Crippen LogP contribution < -0.4 is 14.8 Å². The maximum atomic E-state index is 14.0. The minimum atomic E-state index is -3.91. The fourth-order valence-corrected chi connectivity index (χ4v) is 8.22. The Morgan fingerprint density at radius 3 is 2.67 bits per heavy atom. The van der Waals surface area contributed by atoms with Crippen LogP contribution in [0.2, 0.25) is 0 Å². The molecule has 2 aliphatic rings. The van der Waals surface area contributed by atoms with Gasteiger partial charge in [0.05, 0.1) is 43.1 Å². The summed E-state index contributed by atoms with van der Waals surface area (Å²) in [6.07, 6.45) is 9.15. The largest absolute Gasteiger partial charge is 0.472 e. The Labute approximate surface area is 286 Å². The smallest absolute Gasteiger partial charge is 0.316 e. The molecule has 49 heavy (non-hydrogen) atoms. The van der Waals surface area contributed by atoms with E-state index in [0.717, 1.165) is 28.1 Å². The number of fused-ring (bicyclic) bond motifs is 2. The van der Waals surface area contributed by atoms with Crippen molar-refractivity contribution in [1.82, 2.24) is 34.3 Å². The summed E-state index contributed by atoms with van der Waals surface area (Å²) in [5.74, 6) is -0.499. The number of aromatic nitrogens is 6. The molecular formula is C35H42N8O5S. The quantitative estimate of drug-likeness (QED) is 0.238. The lowest BCUT2D eigenvalue weighted by Gasteiger charge is -2.42. The number of sulfonamides is 1. The second-order valence-corrected chi connectivity index (χ2v) is 14.7. The van der Waals surface area contributed by atoms with Crippen LogP contribution in [-0.4, -0.2) is 68.3 Å². The fourth-order valence-electron chi connectivity index (χ4n) is 6.69. The summed E-state index contributed by atoms with van der Waals surface area (Å²) in [7, 11) is -2.43. The van der Waals surface area contributed by atoms with Gasteiger partial charge in [-0.05, 0) is 55.2 Å². The van der Waals surface area contributed by atoms with E-state index in [0.29, 0.717) is 18.7 Å². The minimum absolute atomic E-state index is 0.0569. The highest BCUT2D eigenvalue weighted by molar-refractivity contribution is 7.89. The Morgan fingerprint density at radius 2 is 1.96 bits per heavy atom. The van der Waals surface area contributed by atoms with E-state index in [9.17, 15) is 13.2 Å². The van der Waals surface area contributed by atoms with Crippen LogP contribution in [0.1, 0.15) is 80.5 Å². The predicted octanol–water partition coefficient (Wildman–Crippen LogP) is 5.11. The lowest BCUT2D eigenvalue weighted by atomic mass is 9.61. The van der Waals surface area contributed by atoms with E-state index in [4.69, 9.17) is 9.47 Å². The van der Waals surface area contributed by atoms with Gasteiger partial charge >= 0.3 is 6.01 Å². The Bertz CT molecular complexity index is 1980. The highest BCUT2D eigenvalue weighted by atomic mass is 32.2. The number of benzene rings is 1. The summed E-state index contributed by atoms with van der Waals surface area (Å²) in [5.41, 5.74) is 4.42. The van der Waals surface area contributed by atoms with Crippen molar-refractivity contribution in [2.75, 3.05) is 19.0 Å². The van der Waals surface area contributed by atoms with Gasteiger partial charge in [-0.1, -0.05) is 50.3 Å². The summed E-state index contributed by atoms with van der Waals surface area (Å²) < 4.78 is 42.4. The van der Waals surface area contributed by atoms with Crippen molar-refractivity contribution in [3.8, 4) is 11.9 Å². The zero-order valence-corrected chi connectivity index (χ0v) is 29.4. The molecule has 4 heterocycles. The van der Waals surface area contributed by atoms with Crippen LogP contribution in [0.15, 0.2) is 59.9 Å². The van der Waals surface area contributed by atoms with Crippen LogP contribution in [0.25, 0.3) is 6.08 Å². The second-order valence-electron chi connectivity index (χ2n) is 12.8. The van der Waals surface area contributed by atoms with Crippen molar-refractivity contribution < 1.29 is 22.7 Å². The van der Waals surface area contributed by atoms with Gasteiger partial charge in [-0.25, -0.2) is 28.1 Å². The van der Waals surface area contributed by atoms with Crippen LogP contribution in [0.5, 0.6) is 11.9 Å². The van der Waals surface area contributed by atoms with Crippen LogP contribution in [-0.2, 0) is 27.9 Å². The maximum absolute atomic E-state index is 14.0. The first-order valence-corrected chi connectivity index (χ1v) is 17.9. The number of nitrogens with zero attached hydrogens (tertiary/aromatic N) is 7. The number of carbonyl (C=O) groups is 1. The SMILES string of the molecule is CC[C@@H]1CN(Cc2cc([C@H](CC(=O)Nc3cnc(OC)nc3)C3(C)C=Cc4c(nnn4CC)C3C)ccc2C)S(=O)(=O)c2cccnc2O1. The number of pyridine rings is 1. The number of aryl methyl sites for hydroxylation is 2. The van der Waals surface area contributed by atoms with Crippen molar-refractivity contribution in [2.45, 2.75) is 83.4 Å². The number of rotatable bonds is 10.